The molecule has 0 aliphatic carbocycles. The van der Waals surface area contributed by atoms with Crippen molar-refractivity contribution in [1.29, 1.82) is 0 Å². The van der Waals surface area contributed by atoms with E-state index in [-0.39, 0.29) is 26.1 Å². The number of esters is 2. The van der Waals surface area contributed by atoms with Crippen LogP contribution in [0, 0.1) is 0 Å². The summed E-state index contributed by atoms with van der Waals surface area (Å²) in [5.41, 5.74) is 0. The number of aliphatic hydroxyl groups is 1. The third kappa shape index (κ3) is 44.7. The van der Waals surface area contributed by atoms with Gasteiger partial charge in [-0.05, 0) is 77.0 Å². The first-order valence-corrected chi connectivity index (χ1v) is 24.5. The van der Waals surface area contributed by atoms with E-state index in [1.165, 1.54) is 44.9 Å². The number of unbranched alkanes of at least 4 members (excludes halogenated alkanes) is 10. The number of hydrogen-bond acceptors (Lipinski definition) is 9. The molecule has 0 amide bonds. The topological polar surface area (TPSA) is 131 Å². The number of quaternary nitrogens is 1. The Kier molecular flexibility index (Phi) is 38.8. The van der Waals surface area contributed by atoms with Crippen molar-refractivity contribution in [2.75, 3.05) is 47.5 Å². The van der Waals surface area contributed by atoms with Gasteiger partial charge in [-0.3, -0.25) is 14.2 Å². The lowest BCUT2D eigenvalue weighted by Gasteiger charge is -2.28. The Bertz CT molecular complexity index is 1370. The number of nitrogens with zero attached hydrogens (tertiary/aromatic N) is 1. The van der Waals surface area contributed by atoms with Gasteiger partial charge in [0.25, 0.3) is 7.82 Å². The second kappa shape index (κ2) is 40.9. The summed E-state index contributed by atoms with van der Waals surface area (Å²) in [6, 6.07) is 0. The van der Waals surface area contributed by atoms with E-state index in [2.05, 4.69) is 56.4 Å². The van der Waals surface area contributed by atoms with Gasteiger partial charge in [-0.1, -0.05) is 156 Å². The summed E-state index contributed by atoms with van der Waals surface area (Å²) in [5, 5.41) is 10.0. The summed E-state index contributed by atoms with van der Waals surface area (Å²) in [6.45, 7) is 3.89. The van der Waals surface area contributed by atoms with Crippen molar-refractivity contribution in [2.45, 2.75) is 161 Å². The average molecular weight is 874 g/mol. The number of allylic oxidation sites excluding steroid dienone is 14. The van der Waals surface area contributed by atoms with Crippen molar-refractivity contribution >= 4 is 19.8 Å². The van der Waals surface area contributed by atoms with Crippen molar-refractivity contribution in [3.63, 3.8) is 0 Å². The van der Waals surface area contributed by atoms with Crippen LogP contribution in [0.4, 0.5) is 0 Å². The Morgan fingerprint density at radius 1 is 0.623 bits per heavy atom. The van der Waals surface area contributed by atoms with E-state index in [0.717, 1.165) is 51.4 Å². The second-order valence-electron chi connectivity index (χ2n) is 16.2. The van der Waals surface area contributed by atoms with E-state index in [0.29, 0.717) is 36.7 Å². The van der Waals surface area contributed by atoms with Gasteiger partial charge in [-0.25, -0.2) is 0 Å². The minimum atomic E-state index is -4.67. The molecule has 0 aromatic rings. The van der Waals surface area contributed by atoms with Crippen LogP contribution in [0.2, 0.25) is 0 Å². The molecule has 10 nitrogen and oxygen atoms in total. The molecule has 0 bridgehead atoms. The van der Waals surface area contributed by atoms with Gasteiger partial charge in [0.05, 0.1) is 33.9 Å². The fourth-order valence-electron chi connectivity index (χ4n) is 5.56. The van der Waals surface area contributed by atoms with Crippen LogP contribution in [-0.2, 0) is 32.7 Å². The molecule has 11 heteroatoms. The van der Waals surface area contributed by atoms with Gasteiger partial charge in [-0.15, -0.1) is 0 Å². The summed E-state index contributed by atoms with van der Waals surface area (Å²) < 4.78 is 33.8. The van der Waals surface area contributed by atoms with Crippen LogP contribution in [0.15, 0.2) is 97.2 Å². The number of carbonyl (C=O) groups is 2. The molecule has 0 heterocycles. The first-order chi connectivity index (χ1) is 29.4. The smallest absolute Gasteiger partial charge is 0.306 e. The summed E-state index contributed by atoms with van der Waals surface area (Å²) >= 11 is 0. The third-order valence-electron chi connectivity index (χ3n) is 9.18. The largest absolute Gasteiger partial charge is 0.756 e. The number of phosphoric ester groups is 1. The predicted molar refractivity (Wildman–Crippen MR) is 251 cm³/mol. The fourth-order valence-corrected chi connectivity index (χ4v) is 6.29. The van der Waals surface area contributed by atoms with Crippen LogP contribution >= 0.6 is 7.82 Å². The molecule has 61 heavy (non-hydrogen) atoms. The third-order valence-corrected chi connectivity index (χ3v) is 10.1. The summed E-state index contributed by atoms with van der Waals surface area (Å²) in [7, 11) is 1.07. The quantitative estimate of drug-likeness (QED) is 0.0160. The fraction of sp³-hybridized carbons (Fsp3) is 0.640. The predicted octanol–water partition coefficient (Wildman–Crippen LogP) is 11.7. The van der Waals surface area contributed by atoms with Crippen LogP contribution in [0.3, 0.4) is 0 Å². The zero-order valence-electron chi connectivity index (χ0n) is 38.7. The van der Waals surface area contributed by atoms with Gasteiger partial charge in [0.15, 0.2) is 6.10 Å². The monoisotopic (exact) mass is 874 g/mol. The maximum atomic E-state index is 12.7. The number of likely N-dealkylation sites (N-methyl/N-ethyl adjacent to an activating group) is 1. The Morgan fingerprint density at radius 3 is 1.82 bits per heavy atom. The molecule has 0 radical (unpaired) electrons. The lowest BCUT2D eigenvalue weighted by atomic mass is 10.1. The highest BCUT2D eigenvalue weighted by Gasteiger charge is 2.21. The molecule has 0 aromatic carbocycles. The number of aliphatic hydroxyl groups excluding tert-OH is 1. The molecule has 0 rings (SSSR count). The highest BCUT2D eigenvalue weighted by atomic mass is 31.2. The molecular formula is C50H84NO9P. The summed E-state index contributed by atoms with van der Waals surface area (Å²) in [5.74, 6) is -0.981. The lowest BCUT2D eigenvalue weighted by molar-refractivity contribution is -0.870. The lowest BCUT2D eigenvalue weighted by Crippen LogP contribution is -2.37. The SMILES string of the molecule is CC/C=C\C/C=C\CC(O)/C=C/C=C\C/C=C\C/C=C\CCC(=O)O[C@H](COC(=O)CCCCCCCCC/C=C\C/C=C\CCCCC)COP(=O)([O-])OCC[N+](C)(C)C. The minimum absolute atomic E-state index is 0.0604. The van der Waals surface area contributed by atoms with Crippen LogP contribution in [0.1, 0.15) is 149 Å². The van der Waals surface area contributed by atoms with Crippen molar-refractivity contribution in [3.05, 3.63) is 97.2 Å². The van der Waals surface area contributed by atoms with Crippen molar-refractivity contribution in [3.8, 4) is 0 Å². The van der Waals surface area contributed by atoms with Crippen LogP contribution < -0.4 is 4.89 Å². The number of rotatable bonds is 40. The average Bonchev–Trinajstić information content (AvgIpc) is 3.21. The molecular weight excluding hydrogens is 790 g/mol. The van der Waals surface area contributed by atoms with Crippen LogP contribution in [-0.4, -0.2) is 81.2 Å². The summed E-state index contributed by atoms with van der Waals surface area (Å²) in [6.07, 6.45) is 50.5. The van der Waals surface area contributed by atoms with E-state index in [1.807, 2.05) is 69.8 Å². The number of ether oxygens (including phenoxy) is 2. The van der Waals surface area contributed by atoms with Gasteiger partial charge in [0.2, 0.25) is 0 Å². The second-order valence-corrected chi connectivity index (χ2v) is 17.6. The molecule has 0 aromatic heterocycles. The van der Waals surface area contributed by atoms with Gasteiger partial charge in [0.1, 0.15) is 19.8 Å². The van der Waals surface area contributed by atoms with E-state index in [1.54, 1.807) is 6.08 Å². The molecule has 348 valence electrons. The molecule has 0 saturated carbocycles. The number of phosphoric acid groups is 1. The molecule has 0 saturated heterocycles. The van der Waals surface area contributed by atoms with Gasteiger partial charge >= 0.3 is 11.9 Å². The molecule has 0 fully saturated rings. The first-order valence-electron chi connectivity index (χ1n) is 23.1. The van der Waals surface area contributed by atoms with E-state index in [4.69, 9.17) is 18.5 Å². The zero-order chi connectivity index (χ0) is 45.1. The van der Waals surface area contributed by atoms with E-state index >= 15 is 0 Å². The van der Waals surface area contributed by atoms with E-state index in [9.17, 15) is 24.2 Å². The van der Waals surface area contributed by atoms with Crippen molar-refractivity contribution < 1.29 is 47.2 Å². The molecule has 1 N–H and O–H groups in total. The first kappa shape index (κ1) is 57.9. The molecule has 0 aliphatic rings. The zero-order valence-corrected chi connectivity index (χ0v) is 39.6. The van der Waals surface area contributed by atoms with Crippen molar-refractivity contribution in [2.24, 2.45) is 0 Å². The van der Waals surface area contributed by atoms with Crippen LogP contribution in [0.25, 0.3) is 0 Å². The van der Waals surface area contributed by atoms with E-state index < -0.39 is 38.6 Å². The Hall–Kier alpha value is -3.11. The Labute approximate surface area is 371 Å². The highest BCUT2D eigenvalue weighted by molar-refractivity contribution is 7.45. The van der Waals surface area contributed by atoms with Gasteiger partial charge in [0, 0.05) is 12.8 Å². The Morgan fingerprint density at radius 2 is 1.18 bits per heavy atom. The summed E-state index contributed by atoms with van der Waals surface area (Å²) in [4.78, 5) is 37.6. The van der Waals surface area contributed by atoms with Crippen molar-refractivity contribution in [1.82, 2.24) is 0 Å². The van der Waals surface area contributed by atoms with Gasteiger partial charge < -0.3 is 33.0 Å². The van der Waals surface area contributed by atoms with Gasteiger partial charge in [-0.2, -0.15) is 0 Å². The Balaban J connectivity index is 4.55. The number of carbonyl (C=O) groups excluding carboxylic acids is 2. The normalized spacial score (nSPS) is 14.9. The highest BCUT2D eigenvalue weighted by Crippen LogP contribution is 2.38. The standard InChI is InChI=1S/C50H84NO9P/c1-6-8-10-12-14-15-16-17-18-19-20-21-22-26-29-33-37-41-49(53)57-45-48(46-59-61(55,56)58-44-43-51(3,4)5)60-50(54)42-38-34-30-27-24-23-25-28-32-36-40-47(52)39-35-31-13-11-9-7-2/h9,11,14-15,17-18,23-24,28,30-32,34-36,40,47-48,52H,6-8,10,12-13,16,19-22,25-27,29,33,37-39,41-46H2,1-5H3/b11-9-,15-14-,18-17-,24-23-,32-28-,34-30-,35-31-,40-36+/t47?,48-/m1/s1. The maximum Gasteiger partial charge on any atom is 0.306 e. The van der Waals surface area contributed by atoms with Crippen LogP contribution in [0.5, 0.6) is 0 Å². The molecule has 0 spiro atoms. The maximum absolute atomic E-state index is 12.7. The molecule has 3 atom stereocenters. The molecule has 0 aliphatic heterocycles. The minimum Gasteiger partial charge on any atom is -0.756 e. The number of hydrogen-bond donors (Lipinski definition) is 1. The molecule has 2 unspecified atom stereocenters.